The van der Waals surface area contributed by atoms with Gasteiger partial charge < -0.3 is 10.6 Å². The van der Waals surface area contributed by atoms with Crippen LogP contribution in [0.25, 0.3) is 0 Å². The monoisotopic (exact) mass is 443 g/mol. The van der Waals surface area contributed by atoms with Crippen molar-refractivity contribution in [2.75, 3.05) is 18.8 Å². The van der Waals surface area contributed by atoms with Gasteiger partial charge in [-0.15, -0.1) is 11.8 Å². The van der Waals surface area contributed by atoms with E-state index in [0.29, 0.717) is 23.7 Å². The fourth-order valence-electron chi connectivity index (χ4n) is 4.04. The van der Waals surface area contributed by atoms with Crippen molar-refractivity contribution in [2.45, 2.75) is 29.7 Å². The molecule has 1 heterocycles. The first-order valence-corrected chi connectivity index (χ1v) is 11.2. The van der Waals surface area contributed by atoms with E-state index in [9.17, 15) is 14.4 Å². The summed E-state index contributed by atoms with van der Waals surface area (Å²) in [5.74, 6) is -0.0214. The number of carbonyl (C=O) groups is 3. The smallest absolute Gasteiger partial charge is 0.325 e. The average Bonchev–Trinajstić information content (AvgIpc) is 2.97. The Morgan fingerprint density at radius 1 is 1.17 bits per heavy atom. The maximum Gasteiger partial charge on any atom is 0.325 e. The number of urea groups is 1. The third-order valence-electron chi connectivity index (χ3n) is 5.46. The molecule has 1 aliphatic carbocycles. The van der Waals surface area contributed by atoms with Gasteiger partial charge in [-0.1, -0.05) is 35.9 Å². The predicted molar refractivity (Wildman–Crippen MR) is 116 cm³/mol. The van der Waals surface area contributed by atoms with Crippen molar-refractivity contribution < 1.29 is 14.4 Å². The highest BCUT2D eigenvalue weighted by Gasteiger charge is 2.54. The second-order valence-electron chi connectivity index (χ2n) is 7.39. The number of aryl methyl sites for hydroxylation is 1. The number of rotatable bonds is 6. The van der Waals surface area contributed by atoms with Crippen LogP contribution in [-0.4, -0.2) is 41.6 Å². The minimum absolute atomic E-state index is 0.278. The van der Waals surface area contributed by atoms with E-state index in [-0.39, 0.29) is 18.4 Å². The van der Waals surface area contributed by atoms with Crippen LogP contribution in [0.4, 0.5) is 4.79 Å². The van der Waals surface area contributed by atoms with E-state index < -0.39 is 11.6 Å². The SMILES string of the molecule is O=C(CN1C(=O)N[C@]2(CCCc3ccccc32)C1=O)NCCSc1ccc(Cl)cc1. The van der Waals surface area contributed by atoms with Gasteiger partial charge in [-0.25, -0.2) is 4.79 Å². The molecule has 0 aromatic heterocycles. The van der Waals surface area contributed by atoms with Crippen LogP contribution in [0.5, 0.6) is 0 Å². The van der Waals surface area contributed by atoms with Crippen molar-refractivity contribution in [2.24, 2.45) is 0 Å². The van der Waals surface area contributed by atoms with Gasteiger partial charge in [0.25, 0.3) is 5.91 Å². The Labute approximate surface area is 184 Å². The first-order valence-electron chi connectivity index (χ1n) is 9.87. The Hall–Kier alpha value is -2.51. The maximum absolute atomic E-state index is 13.2. The van der Waals surface area contributed by atoms with E-state index in [4.69, 9.17) is 11.6 Å². The molecule has 2 aliphatic rings. The number of hydrogen-bond donors (Lipinski definition) is 2. The van der Waals surface area contributed by atoms with E-state index in [1.807, 2.05) is 48.5 Å². The highest BCUT2D eigenvalue weighted by Crippen LogP contribution is 2.39. The van der Waals surface area contributed by atoms with Crippen molar-refractivity contribution in [1.29, 1.82) is 0 Å². The van der Waals surface area contributed by atoms with Crippen molar-refractivity contribution >= 4 is 41.2 Å². The van der Waals surface area contributed by atoms with Crippen LogP contribution in [0, 0.1) is 0 Å². The molecule has 1 saturated heterocycles. The number of fused-ring (bicyclic) bond motifs is 2. The van der Waals surface area contributed by atoms with Gasteiger partial charge in [-0.2, -0.15) is 0 Å². The third-order valence-corrected chi connectivity index (χ3v) is 6.72. The standard InChI is InChI=1S/C22H22ClN3O3S/c23-16-7-9-17(10-8-16)30-13-12-24-19(27)14-26-20(28)22(25-21(26)29)11-3-5-15-4-1-2-6-18(15)22/h1-2,4,6-10H,3,5,11-14H2,(H,24,27)(H,25,29)/t22-/m0/s1. The molecule has 0 bridgehead atoms. The van der Waals surface area contributed by atoms with Crippen LogP contribution in [0.15, 0.2) is 53.4 Å². The number of imide groups is 1. The predicted octanol–water partition coefficient (Wildman–Crippen LogP) is 3.33. The number of nitrogens with one attached hydrogen (secondary N) is 2. The Bertz CT molecular complexity index is 982. The molecule has 1 fully saturated rings. The number of thioether (sulfide) groups is 1. The molecular formula is C22H22ClN3O3S. The zero-order valence-electron chi connectivity index (χ0n) is 16.3. The second kappa shape index (κ2) is 8.70. The number of carbonyl (C=O) groups excluding carboxylic acids is 3. The van der Waals surface area contributed by atoms with Gasteiger partial charge >= 0.3 is 6.03 Å². The van der Waals surface area contributed by atoms with Gasteiger partial charge in [0.05, 0.1) is 0 Å². The molecular weight excluding hydrogens is 422 g/mol. The lowest BCUT2D eigenvalue weighted by atomic mass is 9.76. The van der Waals surface area contributed by atoms with E-state index in [1.54, 1.807) is 11.8 Å². The number of halogens is 1. The highest BCUT2D eigenvalue weighted by molar-refractivity contribution is 7.99. The normalized spacial score (nSPS) is 20.2. The van der Waals surface area contributed by atoms with Gasteiger partial charge in [0.15, 0.2) is 0 Å². The lowest BCUT2D eigenvalue weighted by Crippen LogP contribution is -2.47. The molecule has 4 amide bonds. The van der Waals surface area contributed by atoms with Crippen LogP contribution in [-0.2, 0) is 21.5 Å². The number of benzene rings is 2. The molecule has 8 heteroatoms. The maximum atomic E-state index is 13.2. The molecule has 1 aliphatic heterocycles. The highest BCUT2D eigenvalue weighted by atomic mass is 35.5. The lowest BCUT2D eigenvalue weighted by molar-refractivity contribution is -0.135. The Morgan fingerprint density at radius 3 is 2.73 bits per heavy atom. The van der Waals surface area contributed by atoms with Gasteiger partial charge in [-0.3, -0.25) is 14.5 Å². The van der Waals surface area contributed by atoms with Gasteiger partial charge in [0, 0.05) is 22.2 Å². The number of amides is 4. The summed E-state index contributed by atoms with van der Waals surface area (Å²) in [5, 5.41) is 6.33. The summed E-state index contributed by atoms with van der Waals surface area (Å²) in [6.07, 6.45) is 2.24. The molecule has 0 unspecified atom stereocenters. The van der Waals surface area contributed by atoms with Gasteiger partial charge in [0.1, 0.15) is 12.1 Å². The Kier molecular flexibility index (Phi) is 6.01. The molecule has 6 nitrogen and oxygen atoms in total. The summed E-state index contributed by atoms with van der Waals surface area (Å²) in [4.78, 5) is 40.2. The van der Waals surface area contributed by atoms with Crippen LogP contribution < -0.4 is 10.6 Å². The van der Waals surface area contributed by atoms with Crippen LogP contribution in [0.1, 0.15) is 24.0 Å². The van der Waals surface area contributed by atoms with Crippen LogP contribution in [0.3, 0.4) is 0 Å². The van der Waals surface area contributed by atoms with E-state index in [2.05, 4.69) is 10.6 Å². The molecule has 0 radical (unpaired) electrons. The third kappa shape index (κ3) is 4.04. The first-order chi connectivity index (χ1) is 14.5. The fourth-order valence-corrected chi connectivity index (χ4v) is 4.94. The zero-order chi connectivity index (χ0) is 21.1. The van der Waals surface area contributed by atoms with Crippen molar-refractivity contribution in [3.05, 3.63) is 64.7 Å². The molecule has 2 aromatic carbocycles. The van der Waals surface area contributed by atoms with E-state index >= 15 is 0 Å². The lowest BCUT2D eigenvalue weighted by Gasteiger charge is -2.33. The molecule has 2 N–H and O–H groups in total. The minimum atomic E-state index is -1.04. The van der Waals surface area contributed by atoms with E-state index in [1.165, 1.54) is 0 Å². The first kappa shape index (κ1) is 20.8. The number of nitrogens with zero attached hydrogens (tertiary/aromatic N) is 1. The van der Waals surface area contributed by atoms with Crippen LogP contribution in [0.2, 0.25) is 5.02 Å². The molecule has 1 atom stereocenters. The van der Waals surface area contributed by atoms with E-state index in [0.717, 1.165) is 33.8 Å². The molecule has 4 rings (SSSR count). The molecule has 2 aromatic rings. The van der Waals surface area contributed by atoms with Gasteiger partial charge in [0.2, 0.25) is 5.91 Å². The summed E-state index contributed by atoms with van der Waals surface area (Å²) in [5.41, 5.74) is 0.871. The Balaban J connectivity index is 1.34. The van der Waals surface area contributed by atoms with Gasteiger partial charge in [-0.05, 0) is 54.7 Å². The minimum Gasteiger partial charge on any atom is -0.354 e. The number of hydrogen-bond acceptors (Lipinski definition) is 4. The average molecular weight is 444 g/mol. The topological polar surface area (TPSA) is 78.5 Å². The summed E-state index contributed by atoms with van der Waals surface area (Å²) < 4.78 is 0. The molecule has 30 heavy (non-hydrogen) atoms. The van der Waals surface area contributed by atoms with Crippen molar-refractivity contribution in [3.63, 3.8) is 0 Å². The molecule has 0 saturated carbocycles. The summed E-state index contributed by atoms with van der Waals surface area (Å²) >= 11 is 7.46. The van der Waals surface area contributed by atoms with Crippen LogP contribution >= 0.6 is 23.4 Å². The zero-order valence-corrected chi connectivity index (χ0v) is 17.9. The summed E-state index contributed by atoms with van der Waals surface area (Å²) in [7, 11) is 0. The summed E-state index contributed by atoms with van der Waals surface area (Å²) in [6, 6.07) is 14.7. The largest absolute Gasteiger partial charge is 0.354 e. The fraction of sp³-hybridized carbons (Fsp3) is 0.318. The Morgan fingerprint density at radius 2 is 1.93 bits per heavy atom. The van der Waals surface area contributed by atoms with Crippen molar-refractivity contribution in [1.82, 2.24) is 15.5 Å². The second-order valence-corrected chi connectivity index (χ2v) is 8.99. The molecule has 156 valence electrons. The summed E-state index contributed by atoms with van der Waals surface area (Å²) in [6.45, 7) is 0.157. The quantitative estimate of drug-likeness (QED) is 0.408. The molecule has 1 spiro atoms. The van der Waals surface area contributed by atoms with Crippen molar-refractivity contribution in [3.8, 4) is 0 Å².